The third-order valence-corrected chi connectivity index (χ3v) is 3.08. The van der Waals surface area contributed by atoms with Crippen LogP contribution in [0, 0.1) is 12.7 Å². The van der Waals surface area contributed by atoms with Gasteiger partial charge in [0.2, 0.25) is 0 Å². The highest BCUT2D eigenvalue weighted by Gasteiger charge is 2.06. The van der Waals surface area contributed by atoms with Crippen molar-refractivity contribution in [1.29, 1.82) is 0 Å². The molecule has 3 N–H and O–H groups in total. The van der Waals surface area contributed by atoms with Gasteiger partial charge in [0.1, 0.15) is 5.82 Å². The molecule has 0 unspecified atom stereocenters. The lowest BCUT2D eigenvalue weighted by Crippen LogP contribution is -2.01. The molecular formula is C12H11BrFN3. The standard InChI is InChI=1S/C12H11BrFN3/c1-7-4-5-16-12(11(7)15)17-10-6-8(14)2-3-9(10)13/h2-6H,15H2,1H3,(H,16,17). The van der Waals surface area contributed by atoms with Gasteiger partial charge in [-0.05, 0) is 52.7 Å². The minimum Gasteiger partial charge on any atom is -0.396 e. The highest BCUT2D eigenvalue weighted by molar-refractivity contribution is 9.10. The second-order valence-corrected chi connectivity index (χ2v) is 4.49. The van der Waals surface area contributed by atoms with E-state index in [2.05, 4.69) is 26.2 Å². The summed E-state index contributed by atoms with van der Waals surface area (Å²) in [4.78, 5) is 4.13. The molecule has 0 aliphatic rings. The molecule has 0 fully saturated rings. The zero-order chi connectivity index (χ0) is 12.4. The fourth-order valence-electron chi connectivity index (χ4n) is 1.39. The van der Waals surface area contributed by atoms with Crippen molar-refractivity contribution >= 4 is 33.1 Å². The molecule has 0 bridgehead atoms. The van der Waals surface area contributed by atoms with E-state index in [-0.39, 0.29) is 5.82 Å². The quantitative estimate of drug-likeness (QED) is 0.890. The van der Waals surface area contributed by atoms with Gasteiger partial charge in [0, 0.05) is 10.7 Å². The Hall–Kier alpha value is -1.62. The van der Waals surface area contributed by atoms with E-state index >= 15 is 0 Å². The number of anilines is 3. The molecule has 3 nitrogen and oxygen atoms in total. The van der Waals surface area contributed by atoms with Gasteiger partial charge in [-0.1, -0.05) is 0 Å². The third-order valence-electron chi connectivity index (χ3n) is 2.39. The van der Waals surface area contributed by atoms with Gasteiger partial charge < -0.3 is 11.1 Å². The maximum Gasteiger partial charge on any atom is 0.153 e. The van der Waals surface area contributed by atoms with E-state index in [0.717, 1.165) is 10.0 Å². The maximum absolute atomic E-state index is 13.1. The van der Waals surface area contributed by atoms with Crippen LogP contribution < -0.4 is 11.1 Å². The van der Waals surface area contributed by atoms with Gasteiger partial charge in [0.05, 0.1) is 11.4 Å². The summed E-state index contributed by atoms with van der Waals surface area (Å²) in [6.07, 6.45) is 1.65. The summed E-state index contributed by atoms with van der Waals surface area (Å²) in [5, 5.41) is 3.00. The van der Waals surface area contributed by atoms with Gasteiger partial charge >= 0.3 is 0 Å². The normalized spacial score (nSPS) is 10.3. The largest absolute Gasteiger partial charge is 0.396 e. The monoisotopic (exact) mass is 295 g/mol. The smallest absolute Gasteiger partial charge is 0.153 e. The maximum atomic E-state index is 13.1. The molecule has 88 valence electrons. The Morgan fingerprint density at radius 1 is 1.35 bits per heavy atom. The Bertz CT molecular complexity index is 557. The number of hydrogen-bond donors (Lipinski definition) is 2. The Labute approximate surface area is 107 Å². The minimum absolute atomic E-state index is 0.318. The van der Waals surface area contributed by atoms with E-state index in [1.54, 1.807) is 12.3 Å². The van der Waals surface area contributed by atoms with Crippen molar-refractivity contribution in [2.24, 2.45) is 0 Å². The first-order valence-corrected chi connectivity index (χ1v) is 5.80. The van der Waals surface area contributed by atoms with E-state index in [4.69, 9.17) is 5.73 Å². The van der Waals surface area contributed by atoms with Crippen LogP contribution in [0.4, 0.5) is 21.6 Å². The molecule has 1 aromatic carbocycles. The number of halogens is 2. The van der Waals surface area contributed by atoms with Crippen LogP contribution in [0.15, 0.2) is 34.9 Å². The summed E-state index contributed by atoms with van der Waals surface area (Å²) >= 11 is 3.33. The van der Waals surface area contributed by atoms with Crippen LogP contribution in [0.1, 0.15) is 5.56 Å². The van der Waals surface area contributed by atoms with E-state index < -0.39 is 0 Å². The Kier molecular flexibility index (Phi) is 3.28. The third kappa shape index (κ3) is 2.55. The first-order valence-electron chi connectivity index (χ1n) is 5.01. The van der Waals surface area contributed by atoms with Gasteiger partial charge in [-0.25, -0.2) is 9.37 Å². The van der Waals surface area contributed by atoms with Crippen molar-refractivity contribution in [1.82, 2.24) is 4.98 Å². The molecule has 0 amide bonds. The lowest BCUT2D eigenvalue weighted by molar-refractivity contribution is 0.628. The highest BCUT2D eigenvalue weighted by atomic mass is 79.9. The summed E-state index contributed by atoms with van der Waals surface area (Å²) in [5.41, 5.74) is 7.96. The number of nitrogens with two attached hydrogens (primary N) is 1. The average molecular weight is 296 g/mol. The molecule has 0 spiro atoms. The Morgan fingerprint density at radius 3 is 2.88 bits per heavy atom. The van der Waals surface area contributed by atoms with Crippen LogP contribution >= 0.6 is 15.9 Å². The van der Waals surface area contributed by atoms with Crippen molar-refractivity contribution < 1.29 is 4.39 Å². The molecule has 2 aromatic rings. The van der Waals surface area contributed by atoms with E-state index in [0.29, 0.717) is 17.2 Å². The molecule has 1 aromatic heterocycles. The molecule has 1 heterocycles. The van der Waals surface area contributed by atoms with E-state index in [9.17, 15) is 4.39 Å². The number of nitrogens with one attached hydrogen (secondary N) is 1. The van der Waals surface area contributed by atoms with Gasteiger partial charge in [-0.2, -0.15) is 0 Å². The predicted octanol–water partition coefficient (Wildman–Crippen LogP) is 3.62. The molecule has 0 atom stereocenters. The number of rotatable bonds is 2. The van der Waals surface area contributed by atoms with Crippen LogP contribution in [0.3, 0.4) is 0 Å². The van der Waals surface area contributed by atoms with Crippen molar-refractivity contribution in [2.75, 3.05) is 11.1 Å². The zero-order valence-electron chi connectivity index (χ0n) is 9.17. The second-order valence-electron chi connectivity index (χ2n) is 3.64. The molecule has 17 heavy (non-hydrogen) atoms. The van der Waals surface area contributed by atoms with Gasteiger partial charge in [-0.15, -0.1) is 0 Å². The molecule has 5 heteroatoms. The van der Waals surface area contributed by atoms with Crippen LogP contribution in [0.2, 0.25) is 0 Å². The van der Waals surface area contributed by atoms with Crippen LogP contribution in [-0.2, 0) is 0 Å². The van der Waals surface area contributed by atoms with E-state index in [1.807, 2.05) is 13.0 Å². The van der Waals surface area contributed by atoms with Gasteiger partial charge in [0.25, 0.3) is 0 Å². The molecule has 0 aliphatic heterocycles. The number of aromatic nitrogens is 1. The molecule has 0 radical (unpaired) electrons. The number of pyridine rings is 1. The van der Waals surface area contributed by atoms with E-state index in [1.165, 1.54) is 12.1 Å². The number of hydrogen-bond acceptors (Lipinski definition) is 3. The van der Waals surface area contributed by atoms with Crippen LogP contribution in [0.5, 0.6) is 0 Å². The van der Waals surface area contributed by atoms with Crippen molar-refractivity contribution in [3.05, 3.63) is 46.3 Å². The topological polar surface area (TPSA) is 50.9 Å². The SMILES string of the molecule is Cc1ccnc(Nc2cc(F)ccc2Br)c1N. The first kappa shape index (κ1) is 11.9. The summed E-state index contributed by atoms with van der Waals surface area (Å²) < 4.78 is 13.9. The lowest BCUT2D eigenvalue weighted by Gasteiger charge is -2.11. The second kappa shape index (κ2) is 4.71. The molecule has 2 rings (SSSR count). The first-order chi connectivity index (χ1) is 8.08. The van der Waals surface area contributed by atoms with Crippen LogP contribution in [-0.4, -0.2) is 4.98 Å². The summed E-state index contributed by atoms with van der Waals surface area (Å²) in [6.45, 7) is 1.89. The van der Waals surface area contributed by atoms with Crippen LogP contribution in [0.25, 0.3) is 0 Å². The minimum atomic E-state index is -0.318. The number of nitrogens with zero attached hydrogens (tertiary/aromatic N) is 1. The molecule has 0 saturated heterocycles. The van der Waals surface area contributed by atoms with Gasteiger partial charge in [0.15, 0.2) is 5.82 Å². The summed E-state index contributed by atoms with van der Waals surface area (Å²) in [5.74, 6) is 0.207. The fourth-order valence-corrected chi connectivity index (χ4v) is 1.74. The molecule has 0 saturated carbocycles. The Balaban J connectivity index is 2.38. The molecular weight excluding hydrogens is 285 g/mol. The number of benzene rings is 1. The van der Waals surface area contributed by atoms with Gasteiger partial charge in [-0.3, -0.25) is 0 Å². The Morgan fingerprint density at radius 2 is 2.12 bits per heavy atom. The fraction of sp³-hybridized carbons (Fsp3) is 0.0833. The predicted molar refractivity (Wildman–Crippen MR) is 70.8 cm³/mol. The van der Waals surface area contributed by atoms with Crippen molar-refractivity contribution in [2.45, 2.75) is 6.92 Å². The lowest BCUT2D eigenvalue weighted by atomic mass is 10.2. The molecule has 0 aliphatic carbocycles. The van der Waals surface area contributed by atoms with Crippen molar-refractivity contribution in [3.8, 4) is 0 Å². The number of nitrogen functional groups attached to an aromatic ring is 1. The zero-order valence-corrected chi connectivity index (χ0v) is 10.8. The number of aryl methyl sites for hydroxylation is 1. The summed E-state index contributed by atoms with van der Waals surface area (Å²) in [6, 6.07) is 6.21. The average Bonchev–Trinajstić information content (AvgIpc) is 2.30. The summed E-state index contributed by atoms with van der Waals surface area (Å²) in [7, 11) is 0. The highest BCUT2D eigenvalue weighted by Crippen LogP contribution is 2.29. The van der Waals surface area contributed by atoms with Crippen molar-refractivity contribution in [3.63, 3.8) is 0 Å².